The number of nitrogens with one attached hydrogen (secondary N) is 2. The molecule has 1 heterocycles. The molecule has 0 radical (unpaired) electrons. The van der Waals surface area contributed by atoms with Crippen LogP contribution in [0.25, 0.3) is 0 Å². The molecule has 9 nitrogen and oxygen atoms in total. The van der Waals surface area contributed by atoms with E-state index in [9.17, 15) is 18.0 Å². The highest BCUT2D eigenvalue weighted by Crippen LogP contribution is 2.23. The van der Waals surface area contributed by atoms with Crippen LogP contribution >= 0.6 is 0 Å². The SMILES string of the molecule is COc1ccc(OCC(=O)NNC(=O)c2ccc(S(=O)(=O)N3CCC(C)CC3)cc2)cc1. The topological polar surface area (TPSA) is 114 Å². The number of piperidine rings is 1. The van der Waals surface area contributed by atoms with Gasteiger partial charge in [0, 0.05) is 18.7 Å². The van der Waals surface area contributed by atoms with Crippen molar-refractivity contribution in [2.24, 2.45) is 5.92 Å². The molecule has 0 aromatic heterocycles. The van der Waals surface area contributed by atoms with Gasteiger partial charge in [0.15, 0.2) is 6.61 Å². The van der Waals surface area contributed by atoms with Crippen molar-refractivity contribution in [2.45, 2.75) is 24.7 Å². The van der Waals surface area contributed by atoms with Crippen LogP contribution in [0.15, 0.2) is 53.4 Å². The van der Waals surface area contributed by atoms with Gasteiger partial charge in [-0.3, -0.25) is 20.4 Å². The molecule has 172 valence electrons. The van der Waals surface area contributed by atoms with Crippen LogP contribution in [-0.2, 0) is 14.8 Å². The number of rotatable bonds is 7. The summed E-state index contributed by atoms with van der Waals surface area (Å²) in [6.07, 6.45) is 1.67. The molecule has 3 rings (SSSR count). The van der Waals surface area contributed by atoms with Crippen molar-refractivity contribution in [2.75, 3.05) is 26.8 Å². The summed E-state index contributed by atoms with van der Waals surface area (Å²) >= 11 is 0. The van der Waals surface area contributed by atoms with Gasteiger partial charge >= 0.3 is 0 Å². The lowest BCUT2D eigenvalue weighted by Gasteiger charge is -2.29. The smallest absolute Gasteiger partial charge is 0.276 e. The fourth-order valence-electron chi connectivity index (χ4n) is 3.21. The van der Waals surface area contributed by atoms with Crippen LogP contribution in [0.4, 0.5) is 0 Å². The molecule has 0 unspecified atom stereocenters. The highest BCUT2D eigenvalue weighted by atomic mass is 32.2. The molecule has 1 fully saturated rings. The Balaban J connectivity index is 1.49. The van der Waals surface area contributed by atoms with Crippen molar-refractivity contribution in [3.8, 4) is 11.5 Å². The van der Waals surface area contributed by atoms with Crippen LogP contribution in [0.5, 0.6) is 11.5 Å². The van der Waals surface area contributed by atoms with Gasteiger partial charge in [-0.05, 0) is 67.3 Å². The Morgan fingerprint density at radius 2 is 1.56 bits per heavy atom. The first-order chi connectivity index (χ1) is 15.3. The maximum absolute atomic E-state index is 12.8. The largest absolute Gasteiger partial charge is 0.497 e. The predicted molar refractivity (Wildman–Crippen MR) is 118 cm³/mol. The van der Waals surface area contributed by atoms with E-state index >= 15 is 0 Å². The fraction of sp³-hybridized carbons (Fsp3) is 0.364. The summed E-state index contributed by atoms with van der Waals surface area (Å²) in [6.45, 7) is 2.81. The Morgan fingerprint density at radius 1 is 0.969 bits per heavy atom. The lowest BCUT2D eigenvalue weighted by molar-refractivity contribution is -0.123. The number of hydrogen-bond donors (Lipinski definition) is 2. The van der Waals surface area contributed by atoms with Gasteiger partial charge in [-0.2, -0.15) is 4.31 Å². The monoisotopic (exact) mass is 461 g/mol. The van der Waals surface area contributed by atoms with E-state index in [4.69, 9.17) is 9.47 Å². The van der Waals surface area contributed by atoms with Crippen molar-refractivity contribution >= 4 is 21.8 Å². The maximum Gasteiger partial charge on any atom is 0.276 e. The van der Waals surface area contributed by atoms with Gasteiger partial charge in [0.1, 0.15) is 11.5 Å². The molecule has 10 heteroatoms. The highest BCUT2D eigenvalue weighted by Gasteiger charge is 2.28. The first kappa shape index (κ1) is 23.6. The number of ether oxygens (including phenoxy) is 2. The van der Waals surface area contributed by atoms with E-state index in [2.05, 4.69) is 17.8 Å². The molecular weight excluding hydrogens is 434 g/mol. The minimum absolute atomic E-state index is 0.139. The molecule has 1 aliphatic rings. The summed E-state index contributed by atoms with van der Waals surface area (Å²) in [5, 5.41) is 0. The van der Waals surface area contributed by atoms with Gasteiger partial charge in [-0.15, -0.1) is 0 Å². The van der Waals surface area contributed by atoms with Crippen LogP contribution in [0.1, 0.15) is 30.1 Å². The van der Waals surface area contributed by atoms with Gasteiger partial charge in [0.2, 0.25) is 10.0 Å². The number of sulfonamides is 1. The molecule has 2 aromatic carbocycles. The van der Waals surface area contributed by atoms with Crippen LogP contribution in [0.2, 0.25) is 0 Å². The van der Waals surface area contributed by atoms with E-state index in [1.807, 2.05) is 0 Å². The molecule has 1 aliphatic heterocycles. The van der Waals surface area contributed by atoms with Crippen molar-refractivity contribution in [3.05, 3.63) is 54.1 Å². The molecular formula is C22H27N3O6S. The molecule has 2 N–H and O–H groups in total. The number of amides is 2. The summed E-state index contributed by atoms with van der Waals surface area (Å²) in [6, 6.07) is 12.3. The molecule has 0 atom stereocenters. The zero-order chi connectivity index (χ0) is 23.1. The number of hydrogen-bond acceptors (Lipinski definition) is 6. The van der Waals surface area contributed by atoms with Gasteiger partial charge in [-0.25, -0.2) is 8.42 Å². The predicted octanol–water partition coefficient (Wildman–Crippen LogP) is 1.96. The lowest BCUT2D eigenvalue weighted by Crippen LogP contribution is -2.43. The molecule has 0 spiro atoms. The number of benzene rings is 2. The number of carbonyl (C=O) groups excluding carboxylic acids is 2. The average Bonchev–Trinajstić information content (AvgIpc) is 2.82. The van der Waals surface area contributed by atoms with E-state index in [1.165, 1.54) is 28.6 Å². The van der Waals surface area contributed by atoms with Crippen LogP contribution in [0, 0.1) is 5.92 Å². The molecule has 0 bridgehead atoms. The van der Waals surface area contributed by atoms with E-state index < -0.39 is 21.8 Å². The van der Waals surface area contributed by atoms with Crippen molar-refractivity contribution in [3.63, 3.8) is 0 Å². The van der Waals surface area contributed by atoms with Crippen LogP contribution in [0.3, 0.4) is 0 Å². The third-order valence-corrected chi connectivity index (χ3v) is 7.15. The second-order valence-corrected chi connectivity index (χ2v) is 9.52. The van der Waals surface area contributed by atoms with Crippen molar-refractivity contribution in [1.82, 2.24) is 15.2 Å². The van der Waals surface area contributed by atoms with Gasteiger partial charge in [-0.1, -0.05) is 6.92 Å². The van der Waals surface area contributed by atoms with Crippen LogP contribution in [-0.4, -0.2) is 51.3 Å². The Hall–Kier alpha value is -3.11. The fourth-order valence-corrected chi connectivity index (χ4v) is 4.68. The van der Waals surface area contributed by atoms with Crippen molar-refractivity contribution in [1.29, 1.82) is 0 Å². The Bertz CT molecular complexity index is 1030. The van der Waals surface area contributed by atoms with Gasteiger partial charge < -0.3 is 9.47 Å². The minimum atomic E-state index is -3.58. The van der Waals surface area contributed by atoms with Gasteiger partial charge in [0.05, 0.1) is 12.0 Å². The summed E-state index contributed by atoms with van der Waals surface area (Å²) in [5.74, 6) is 0.543. The standard InChI is InChI=1S/C22H27N3O6S/c1-16-11-13-25(14-12-16)32(28,29)20-9-3-17(4-10-20)22(27)24-23-21(26)15-31-19-7-5-18(30-2)6-8-19/h3-10,16H,11-15H2,1-2H3,(H,23,26)(H,24,27). The normalized spacial score (nSPS) is 15.1. The van der Waals surface area contributed by atoms with Crippen LogP contribution < -0.4 is 20.3 Å². The lowest BCUT2D eigenvalue weighted by atomic mass is 10.0. The zero-order valence-electron chi connectivity index (χ0n) is 18.0. The summed E-state index contributed by atoms with van der Waals surface area (Å²) < 4.78 is 37.4. The third kappa shape index (κ3) is 5.98. The number of hydrazine groups is 1. The number of methoxy groups -OCH3 is 1. The zero-order valence-corrected chi connectivity index (χ0v) is 18.9. The van der Waals surface area contributed by atoms with E-state index in [0.29, 0.717) is 30.5 Å². The summed E-state index contributed by atoms with van der Waals surface area (Å²) in [7, 11) is -2.04. The molecule has 2 amide bonds. The maximum atomic E-state index is 12.8. The molecule has 32 heavy (non-hydrogen) atoms. The summed E-state index contributed by atoms with van der Waals surface area (Å²) in [4.78, 5) is 24.3. The third-order valence-electron chi connectivity index (χ3n) is 5.24. The Kier molecular flexibility index (Phi) is 7.70. The number of carbonyl (C=O) groups is 2. The first-order valence-corrected chi connectivity index (χ1v) is 11.7. The average molecular weight is 462 g/mol. The summed E-state index contributed by atoms with van der Waals surface area (Å²) in [5.41, 5.74) is 4.76. The molecule has 1 saturated heterocycles. The molecule has 0 aliphatic carbocycles. The van der Waals surface area contributed by atoms with E-state index in [1.54, 1.807) is 31.4 Å². The quantitative estimate of drug-likeness (QED) is 0.610. The molecule has 0 saturated carbocycles. The second-order valence-electron chi connectivity index (χ2n) is 7.58. The van der Waals surface area contributed by atoms with E-state index in [0.717, 1.165) is 12.8 Å². The van der Waals surface area contributed by atoms with Gasteiger partial charge in [0.25, 0.3) is 11.8 Å². The van der Waals surface area contributed by atoms with E-state index in [-0.39, 0.29) is 17.1 Å². The second kappa shape index (κ2) is 10.5. The Labute approximate surface area is 187 Å². The molecule has 2 aromatic rings. The Morgan fingerprint density at radius 3 is 2.16 bits per heavy atom. The first-order valence-electron chi connectivity index (χ1n) is 10.3. The van der Waals surface area contributed by atoms with Crippen molar-refractivity contribution < 1.29 is 27.5 Å². The minimum Gasteiger partial charge on any atom is -0.497 e. The highest BCUT2D eigenvalue weighted by molar-refractivity contribution is 7.89. The number of nitrogens with zero attached hydrogens (tertiary/aromatic N) is 1.